The second-order valence-corrected chi connectivity index (χ2v) is 6.81. The van der Waals surface area contributed by atoms with Crippen LogP contribution in [0.3, 0.4) is 0 Å². The minimum atomic E-state index is -0.432. The highest BCUT2D eigenvalue weighted by Crippen LogP contribution is 2.33. The first-order valence-electron chi connectivity index (χ1n) is 8.46. The van der Waals surface area contributed by atoms with E-state index in [1.54, 1.807) is 53.9 Å². The predicted molar refractivity (Wildman–Crippen MR) is 103 cm³/mol. The van der Waals surface area contributed by atoms with Gasteiger partial charge in [0.2, 0.25) is 6.79 Å². The van der Waals surface area contributed by atoms with Gasteiger partial charge in [-0.15, -0.1) is 11.3 Å². The van der Waals surface area contributed by atoms with Crippen LogP contribution in [-0.2, 0) is 11.3 Å². The number of carbonyl (C=O) groups is 2. The Morgan fingerprint density at radius 3 is 2.79 bits per heavy atom. The molecule has 2 amide bonds. The van der Waals surface area contributed by atoms with E-state index in [1.807, 2.05) is 0 Å². The van der Waals surface area contributed by atoms with Crippen LogP contribution in [0.5, 0.6) is 11.5 Å². The van der Waals surface area contributed by atoms with Gasteiger partial charge in [0.15, 0.2) is 11.5 Å². The van der Waals surface area contributed by atoms with Crippen molar-refractivity contribution in [1.82, 2.24) is 10.6 Å². The number of thiophene rings is 1. The number of carbonyl (C=O) groups excluding carboxylic acids is 2. The minimum Gasteiger partial charge on any atom is -0.467 e. The number of ether oxygens (including phenoxy) is 2. The highest BCUT2D eigenvalue weighted by Gasteiger charge is 2.17. The number of furan rings is 1. The number of benzene rings is 1. The number of nitrogens with one attached hydrogen (secondary N) is 2. The average Bonchev–Trinajstić information content (AvgIpc) is 3.47. The van der Waals surface area contributed by atoms with Gasteiger partial charge < -0.3 is 24.5 Å². The number of hydrogen-bond acceptors (Lipinski definition) is 6. The van der Waals surface area contributed by atoms with E-state index in [1.165, 1.54) is 17.6 Å². The van der Waals surface area contributed by atoms with E-state index in [0.29, 0.717) is 27.7 Å². The quantitative estimate of drug-likeness (QED) is 0.625. The third-order valence-corrected chi connectivity index (χ3v) is 4.82. The zero-order chi connectivity index (χ0) is 19.3. The maximum atomic E-state index is 12.7. The Balaban J connectivity index is 1.56. The van der Waals surface area contributed by atoms with Crippen molar-refractivity contribution in [3.8, 4) is 11.5 Å². The van der Waals surface area contributed by atoms with Crippen molar-refractivity contribution in [2.24, 2.45) is 0 Å². The van der Waals surface area contributed by atoms with Gasteiger partial charge in [0.25, 0.3) is 11.8 Å². The van der Waals surface area contributed by atoms with Crippen molar-refractivity contribution in [1.29, 1.82) is 0 Å². The van der Waals surface area contributed by atoms with Crippen molar-refractivity contribution in [2.75, 3.05) is 6.79 Å². The fraction of sp³-hybridized carbons (Fsp3) is 0.100. The molecule has 142 valence electrons. The highest BCUT2D eigenvalue weighted by molar-refractivity contribution is 7.12. The van der Waals surface area contributed by atoms with Crippen molar-refractivity contribution >= 4 is 29.2 Å². The Hall–Kier alpha value is -3.52. The fourth-order valence-electron chi connectivity index (χ4n) is 2.60. The summed E-state index contributed by atoms with van der Waals surface area (Å²) in [5.74, 6) is 1.06. The summed E-state index contributed by atoms with van der Waals surface area (Å²) >= 11 is 1.30. The van der Waals surface area contributed by atoms with Gasteiger partial charge in [0, 0.05) is 0 Å². The third kappa shape index (κ3) is 4.07. The number of rotatable bonds is 6. The zero-order valence-electron chi connectivity index (χ0n) is 14.6. The predicted octanol–water partition coefficient (Wildman–Crippen LogP) is 3.16. The lowest BCUT2D eigenvalue weighted by Gasteiger charge is -2.10. The number of amides is 2. The Labute approximate surface area is 164 Å². The molecule has 1 aliphatic heterocycles. The van der Waals surface area contributed by atoms with Crippen LogP contribution in [0.1, 0.15) is 21.0 Å². The Morgan fingerprint density at radius 1 is 1.11 bits per heavy atom. The van der Waals surface area contributed by atoms with E-state index in [9.17, 15) is 9.59 Å². The van der Waals surface area contributed by atoms with Gasteiger partial charge in [-0.25, -0.2) is 0 Å². The van der Waals surface area contributed by atoms with Crippen LogP contribution >= 0.6 is 11.3 Å². The van der Waals surface area contributed by atoms with E-state index in [0.717, 1.165) is 0 Å². The summed E-state index contributed by atoms with van der Waals surface area (Å²) < 4.78 is 15.9. The molecule has 3 aromatic rings. The van der Waals surface area contributed by atoms with Gasteiger partial charge in [-0.05, 0) is 47.4 Å². The molecule has 0 unspecified atom stereocenters. The Bertz CT molecular complexity index is 1010. The Kier molecular flexibility index (Phi) is 5.11. The molecule has 1 aliphatic rings. The molecule has 0 aliphatic carbocycles. The Morgan fingerprint density at radius 2 is 2.00 bits per heavy atom. The van der Waals surface area contributed by atoms with Gasteiger partial charge in [-0.2, -0.15) is 0 Å². The molecule has 0 saturated carbocycles. The van der Waals surface area contributed by atoms with Crippen LogP contribution in [0.15, 0.2) is 64.2 Å². The summed E-state index contributed by atoms with van der Waals surface area (Å²) in [6, 6.07) is 12.3. The SMILES string of the molecule is O=C(NCc1ccco1)/C(=C/c1ccc2c(c1)OCO2)NC(=O)c1cccs1. The van der Waals surface area contributed by atoms with E-state index < -0.39 is 5.91 Å². The monoisotopic (exact) mass is 396 g/mol. The lowest BCUT2D eigenvalue weighted by Crippen LogP contribution is -2.34. The van der Waals surface area contributed by atoms with E-state index in [2.05, 4.69) is 10.6 Å². The minimum absolute atomic E-state index is 0.115. The molecule has 28 heavy (non-hydrogen) atoms. The molecule has 0 radical (unpaired) electrons. The third-order valence-electron chi connectivity index (χ3n) is 3.95. The largest absolute Gasteiger partial charge is 0.467 e. The van der Waals surface area contributed by atoms with Crippen LogP contribution in [0.4, 0.5) is 0 Å². The molecular formula is C20H16N2O5S. The summed E-state index contributed by atoms with van der Waals surface area (Å²) in [7, 11) is 0. The number of hydrogen-bond donors (Lipinski definition) is 2. The molecule has 7 nitrogen and oxygen atoms in total. The van der Waals surface area contributed by atoms with Crippen LogP contribution in [0.2, 0.25) is 0 Å². The standard InChI is InChI=1S/C20H16N2O5S/c23-19(21-11-14-3-1-7-25-14)15(22-20(24)18-4-2-8-28-18)9-13-5-6-16-17(10-13)27-12-26-16/h1-10H,11-12H2,(H,21,23)(H,22,24)/b15-9-. The number of fused-ring (bicyclic) bond motifs is 1. The maximum absolute atomic E-state index is 12.7. The summed E-state index contributed by atoms with van der Waals surface area (Å²) in [5.41, 5.74) is 0.808. The first kappa shape index (κ1) is 17.9. The first-order chi connectivity index (χ1) is 13.7. The second kappa shape index (κ2) is 8.01. The zero-order valence-corrected chi connectivity index (χ0v) is 15.5. The second-order valence-electron chi connectivity index (χ2n) is 5.86. The molecule has 0 fully saturated rings. The normalized spacial score (nSPS) is 12.6. The van der Waals surface area contributed by atoms with Gasteiger partial charge in [0.1, 0.15) is 11.5 Å². The van der Waals surface area contributed by atoms with Gasteiger partial charge in [0.05, 0.1) is 17.7 Å². The van der Waals surface area contributed by atoms with Crippen LogP contribution in [-0.4, -0.2) is 18.6 Å². The first-order valence-corrected chi connectivity index (χ1v) is 9.34. The maximum Gasteiger partial charge on any atom is 0.268 e. The highest BCUT2D eigenvalue weighted by atomic mass is 32.1. The molecule has 0 saturated heterocycles. The molecule has 0 atom stereocenters. The van der Waals surface area contributed by atoms with Gasteiger partial charge >= 0.3 is 0 Å². The fourth-order valence-corrected chi connectivity index (χ4v) is 3.21. The topological polar surface area (TPSA) is 89.8 Å². The molecule has 1 aromatic carbocycles. The molecule has 2 aromatic heterocycles. The van der Waals surface area contributed by atoms with Crippen molar-refractivity contribution in [3.05, 3.63) is 76.0 Å². The molecule has 0 bridgehead atoms. The van der Waals surface area contributed by atoms with Crippen LogP contribution < -0.4 is 20.1 Å². The van der Waals surface area contributed by atoms with E-state index >= 15 is 0 Å². The van der Waals surface area contributed by atoms with Gasteiger partial charge in [-0.1, -0.05) is 12.1 Å². The van der Waals surface area contributed by atoms with E-state index in [4.69, 9.17) is 13.9 Å². The lowest BCUT2D eigenvalue weighted by molar-refractivity contribution is -0.118. The lowest BCUT2D eigenvalue weighted by atomic mass is 10.1. The summed E-state index contributed by atoms with van der Waals surface area (Å²) in [4.78, 5) is 25.6. The van der Waals surface area contributed by atoms with Gasteiger partial charge in [-0.3, -0.25) is 9.59 Å². The summed E-state index contributed by atoms with van der Waals surface area (Å²) in [5, 5.41) is 7.22. The van der Waals surface area contributed by atoms with Crippen LogP contribution in [0, 0.1) is 0 Å². The van der Waals surface area contributed by atoms with E-state index in [-0.39, 0.29) is 24.9 Å². The average molecular weight is 396 g/mol. The summed E-state index contributed by atoms with van der Waals surface area (Å²) in [6.07, 6.45) is 3.12. The van der Waals surface area contributed by atoms with Crippen molar-refractivity contribution < 1.29 is 23.5 Å². The molecule has 3 heterocycles. The summed E-state index contributed by atoms with van der Waals surface area (Å²) in [6.45, 7) is 0.368. The van der Waals surface area contributed by atoms with Crippen LogP contribution in [0.25, 0.3) is 6.08 Å². The molecule has 2 N–H and O–H groups in total. The molecule has 8 heteroatoms. The van der Waals surface area contributed by atoms with Crippen molar-refractivity contribution in [2.45, 2.75) is 6.54 Å². The molecular weight excluding hydrogens is 380 g/mol. The molecule has 4 rings (SSSR count). The molecule has 0 spiro atoms. The smallest absolute Gasteiger partial charge is 0.268 e. The van der Waals surface area contributed by atoms with Crippen molar-refractivity contribution in [3.63, 3.8) is 0 Å².